The van der Waals surface area contributed by atoms with Crippen LogP contribution in [0.2, 0.25) is 0 Å². The quantitative estimate of drug-likeness (QED) is 0.361. The Morgan fingerprint density at radius 1 is 1.31 bits per heavy atom. The number of nitrogens with two attached hydrogens (primary N) is 1. The highest BCUT2D eigenvalue weighted by Gasteiger charge is 2.38. The number of rotatable bonds is 9. The summed E-state index contributed by atoms with van der Waals surface area (Å²) in [7, 11) is 1.40. The van der Waals surface area contributed by atoms with E-state index in [9.17, 15) is 19.5 Å². The summed E-state index contributed by atoms with van der Waals surface area (Å²) < 4.78 is 4.67. The Labute approximate surface area is 153 Å². The molecule has 2 amide bonds. The Hall–Kier alpha value is -2.11. The number of methoxy groups -OCH3 is 1. The van der Waals surface area contributed by atoms with Crippen molar-refractivity contribution in [3.8, 4) is 0 Å². The van der Waals surface area contributed by atoms with Crippen LogP contribution in [-0.2, 0) is 19.1 Å². The lowest BCUT2D eigenvalue weighted by Gasteiger charge is -2.21. The highest BCUT2D eigenvalue weighted by molar-refractivity contribution is 5.87. The predicted octanol–water partition coefficient (Wildman–Crippen LogP) is 1.05. The third-order valence-electron chi connectivity index (χ3n) is 4.87. The Bertz CT molecular complexity index is 609. The number of amides is 2. The molecule has 2 fully saturated rings. The van der Waals surface area contributed by atoms with Gasteiger partial charge in [-0.2, -0.15) is 0 Å². The van der Waals surface area contributed by atoms with E-state index in [0.29, 0.717) is 6.42 Å². The van der Waals surface area contributed by atoms with Gasteiger partial charge in [0, 0.05) is 19.4 Å². The number of hydrogen-bond donors (Lipinski definition) is 2. The van der Waals surface area contributed by atoms with Crippen LogP contribution in [0.25, 0.3) is 0 Å². The summed E-state index contributed by atoms with van der Waals surface area (Å²) in [6.07, 6.45) is 7.25. The van der Waals surface area contributed by atoms with Gasteiger partial charge < -0.3 is 20.5 Å². The maximum Gasteiger partial charge on any atom is 0.313 e. The molecule has 0 bridgehead atoms. The van der Waals surface area contributed by atoms with Gasteiger partial charge in [-0.1, -0.05) is 12.8 Å². The number of β-amino-alcohol motifs (C(OH)–C–C–N with tert-alkyl or cyclic N) is 1. The molecule has 2 aliphatic rings. The van der Waals surface area contributed by atoms with Gasteiger partial charge in [0.05, 0.1) is 19.1 Å². The van der Waals surface area contributed by atoms with Gasteiger partial charge in [-0.15, -0.1) is 5.73 Å². The first-order valence-electron chi connectivity index (χ1n) is 9.22. The van der Waals surface area contributed by atoms with E-state index in [2.05, 4.69) is 10.5 Å². The fourth-order valence-electron chi connectivity index (χ4n) is 3.27. The van der Waals surface area contributed by atoms with E-state index >= 15 is 0 Å². The number of carbonyl (C=O) groups excluding carboxylic acids is 3. The van der Waals surface area contributed by atoms with Gasteiger partial charge in [-0.25, -0.2) is 0 Å². The van der Waals surface area contributed by atoms with E-state index in [1.807, 2.05) is 6.08 Å². The molecule has 7 heteroatoms. The number of unbranched alkanes of at least 4 members (excludes halogenated alkanes) is 4. The number of aliphatic hydroxyl groups is 1. The zero-order valence-electron chi connectivity index (χ0n) is 15.3. The molecule has 26 heavy (non-hydrogen) atoms. The van der Waals surface area contributed by atoms with Crippen molar-refractivity contribution < 1.29 is 24.2 Å². The zero-order chi connectivity index (χ0) is 19.1. The summed E-state index contributed by atoms with van der Waals surface area (Å²) in [6, 6.07) is -0.674. The van der Waals surface area contributed by atoms with Crippen LogP contribution in [-0.4, -0.2) is 53.6 Å². The number of carbonyl (C=O) groups is 3. The number of likely N-dealkylation sites (tertiary alicyclic amines) is 1. The van der Waals surface area contributed by atoms with E-state index in [0.717, 1.165) is 44.1 Å². The molecule has 1 unspecified atom stereocenters. The molecule has 3 atom stereocenters. The van der Waals surface area contributed by atoms with Gasteiger partial charge in [-0.3, -0.25) is 14.4 Å². The van der Waals surface area contributed by atoms with Gasteiger partial charge >= 0.3 is 5.97 Å². The SMILES string of the molecule is COC(=O)C1CC1=C=CCCCCCCC(=O)N1C[C@@H](O)C[C@H]1C(N)=O. The van der Waals surface area contributed by atoms with Crippen LogP contribution in [0.4, 0.5) is 0 Å². The molecule has 1 aliphatic carbocycles. The van der Waals surface area contributed by atoms with Crippen molar-refractivity contribution >= 4 is 17.8 Å². The van der Waals surface area contributed by atoms with Crippen molar-refractivity contribution in [2.45, 2.75) is 63.5 Å². The Morgan fingerprint density at radius 3 is 2.73 bits per heavy atom. The van der Waals surface area contributed by atoms with Crippen molar-refractivity contribution in [3.63, 3.8) is 0 Å². The fraction of sp³-hybridized carbons (Fsp3) is 0.684. The molecule has 0 aromatic rings. The Balaban J connectivity index is 1.57. The first-order chi connectivity index (χ1) is 12.4. The van der Waals surface area contributed by atoms with Crippen molar-refractivity contribution in [2.24, 2.45) is 11.7 Å². The molecule has 7 nitrogen and oxygen atoms in total. The van der Waals surface area contributed by atoms with Crippen molar-refractivity contribution in [2.75, 3.05) is 13.7 Å². The van der Waals surface area contributed by atoms with Gasteiger partial charge in [0.1, 0.15) is 6.04 Å². The topological polar surface area (TPSA) is 110 Å². The normalized spacial score (nSPS) is 24.2. The molecular weight excluding hydrogens is 336 g/mol. The average molecular weight is 364 g/mol. The lowest BCUT2D eigenvalue weighted by Crippen LogP contribution is -2.43. The van der Waals surface area contributed by atoms with Crippen LogP contribution >= 0.6 is 0 Å². The van der Waals surface area contributed by atoms with Gasteiger partial charge in [0.25, 0.3) is 0 Å². The third kappa shape index (κ3) is 5.71. The molecule has 0 aromatic carbocycles. The third-order valence-corrected chi connectivity index (χ3v) is 4.87. The molecule has 144 valence electrons. The lowest BCUT2D eigenvalue weighted by atomic mass is 10.1. The second kappa shape index (κ2) is 9.55. The number of aliphatic hydroxyl groups excluding tert-OH is 1. The summed E-state index contributed by atoms with van der Waals surface area (Å²) in [5.74, 6) is -0.941. The van der Waals surface area contributed by atoms with Gasteiger partial charge in [0.15, 0.2) is 0 Å². The molecule has 1 saturated heterocycles. The predicted molar refractivity (Wildman–Crippen MR) is 94.7 cm³/mol. The average Bonchev–Trinajstić information content (AvgIpc) is 3.27. The molecule has 0 aromatic heterocycles. The van der Waals surface area contributed by atoms with Crippen molar-refractivity contribution in [1.29, 1.82) is 0 Å². The van der Waals surface area contributed by atoms with Crippen molar-refractivity contribution in [3.05, 3.63) is 17.4 Å². The van der Waals surface area contributed by atoms with E-state index < -0.39 is 18.1 Å². The first-order valence-corrected chi connectivity index (χ1v) is 9.22. The molecule has 2 rings (SSSR count). The second-order valence-electron chi connectivity index (χ2n) is 6.96. The number of primary amides is 1. The largest absolute Gasteiger partial charge is 0.469 e. The summed E-state index contributed by atoms with van der Waals surface area (Å²) in [5, 5.41) is 9.63. The van der Waals surface area contributed by atoms with E-state index in [-0.39, 0.29) is 30.8 Å². The van der Waals surface area contributed by atoms with Gasteiger partial charge in [-0.05, 0) is 37.3 Å². The summed E-state index contributed by atoms with van der Waals surface area (Å²) in [4.78, 5) is 36.2. The molecule has 0 radical (unpaired) electrons. The number of hydrogen-bond acceptors (Lipinski definition) is 5. The molecular formula is C19H28N2O5. The summed E-state index contributed by atoms with van der Waals surface area (Å²) >= 11 is 0. The highest BCUT2D eigenvalue weighted by Crippen LogP contribution is 2.37. The monoisotopic (exact) mass is 364 g/mol. The smallest absolute Gasteiger partial charge is 0.313 e. The van der Waals surface area contributed by atoms with Crippen LogP contribution in [0.5, 0.6) is 0 Å². The number of ether oxygens (including phenoxy) is 1. The van der Waals surface area contributed by atoms with Crippen LogP contribution in [0.3, 0.4) is 0 Å². The summed E-state index contributed by atoms with van der Waals surface area (Å²) in [5.41, 5.74) is 9.45. The minimum Gasteiger partial charge on any atom is -0.469 e. The maximum absolute atomic E-state index is 12.2. The van der Waals surface area contributed by atoms with Crippen LogP contribution in [0.15, 0.2) is 17.4 Å². The van der Waals surface area contributed by atoms with Gasteiger partial charge in [0.2, 0.25) is 11.8 Å². The van der Waals surface area contributed by atoms with E-state index in [4.69, 9.17) is 5.73 Å². The molecule has 1 aliphatic heterocycles. The van der Waals surface area contributed by atoms with Crippen molar-refractivity contribution in [1.82, 2.24) is 4.90 Å². The highest BCUT2D eigenvalue weighted by atomic mass is 16.5. The Morgan fingerprint density at radius 2 is 2.04 bits per heavy atom. The standard InChI is InChI=1S/C19H28N2O5/c1-26-19(25)15-10-13(15)8-6-4-2-3-5-7-9-17(23)21-12-14(22)11-16(21)18(20)24/h6,14-16,22H,2-5,7,9-12H2,1H3,(H2,20,24)/t8?,14-,15?,16-/m0/s1. The minimum atomic E-state index is -0.674. The fourth-order valence-corrected chi connectivity index (χ4v) is 3.27. The minimum absolute atomic E-state index is 0.0874. The zero-order valence-corrected chi connectivity index (χ0v) is 15.3. The van der Waals surface area contributed by atoms with E-state index in [1.165, 1.54) is 12.0 Å². The number of nitrogens with zero attached hydrogens (tertiary/aromatic N) is 1. The molecule has 0 spiro atoms. The maximum atomic E-state index is 12.2. The van der Waals surface area contributed by atoms with Crippen LogP contribution < -0.4 is 5.73 Å². The van der Waals surface area contributed by atoms with Crippen LogP contribution in [0.1, 0.15) is 51.4 Å². The molecule has 3 N–H and O–H groups in total. The second-order valence-corrected chi connectivity index (χ2v) is 6.96. The van der Waals surface area contributed by atoms with Crippen LogP contribution in [0, 0.1) is 5.92 Å². The Kier molecular flexibility index (Phi) is 7.42. The number of esters is 1. The molecule has 1 heterocycles. The lowest BCUT2D eigenvalue weighted by molar-refractivity contribution is -0.141. The molecule has 1 saturated carbocycles. The van der Waals surface area contributed by atoms with E-state index in [1.54, 1.807) is 0 Å². The summed E-state index contributed by atoms with van der Waals surface area (Å²) in [6.45, 7) is 0.193. The first kappa shape index (κ1) is 20.2.